The highest BCUT2D eigenvalue weighted by molar-refractivity contribution is 5.82. The van der Waals surface area contributed by atoms with E-state index in [1.54, 1.807) is 0 Å². The summed E-state index contributed by atoms with van der Waals surface area (Å²) in [6, 6.07) is -1.25. The average Bonchev–Trinajstić information content (AvgIpc) is 2.64. The Labute approximate surface area is 94.6 Å². The fourth-order valence-corrected chi connectivity index (χ4v) is 1.63. The van der Waals surface area contributed by atoms with E-state index in [4.69, 9.17) is 10.8 Å². The minimum absolute atomic E-state index is 0.0737. The topological polar surface area (TPSA) is 104 Å². The summed E-state index contributed by atoms with van der Waals surface area (Å²) in [5.41, 5.74) is 5.68. The molecule has 0 saturated carbocycles. The van der Waals surface area contributed by atoms with Gasteiger partial charge in [0, 0.05) is 12.6 Å². The van der Waals surface area contributed by atoms with Crippen LogP contribution in [0.25, 0.3) is 0 Å². The summed E-state index contributed by atoms with van der Waals surface area (Å²) in [5.74, 6) is -1.03. The van der Waals surface area contributed by atoms with E-state index in [-0.39, 0.29) is 17.9 Å². The monoisotopic (exact) mass is 229 g/mol. The van der Waals surface area contributed by atoms with Crippen molar-refractivity contribution in [2.45, 2.75) is 38.4 Å². The van der Waals surface area contributed by atoms with Crippen molar-refractivity contribution in [1.82, 2.24) is 10.6 Å². The summed E-state index contributed by atoms with van der Waals surface area (Å²) >= 11 is 0. The summed E-state index contributed by atoms with van der Waals surface area (Å²) in [6.45, 7) is 4.22. The van der Waals surface area contributed by atoms with Crippen LogP contribution in [0.1, 0.15) is 20.3 Å². The van der Waals surface area contributed by atoms with Crippen LogP contribution in [-0.2, 0) is 9.59 Å². The predicted octanol–water partition coefficient (Wildman–Crippen LogP) is -1.10. The van der Waals surface area contributed by atoms with E-state index in [0.29, 0.717) is 13.0 Å². The molecule has 0 aromatic carbocycles. The minimum atomic E-state index is -0.884. The number of rotatable bonds is 4. The zero-order chi connectivity index (χ0) is 12.3. The van der Waals surface area contributed by atoms with Gasteiger partial charge in [-0.3, -0.25) is 9.59 Å². The van der Waals surface area contributed by atoms with Crippen molar-refractivity contribution in [2.24, 2.45) is 11.7 Å². The quantitative estimate of drug-likeness (QED) is 0.490. The van der Waals surface area contributed by atoms with Crippen molar-refractivity contribution in [2.75, 3.05) is 6.54 Å². The van der Waals surface area contributed by atoms with Gasteiger partial charge < -0.3 is 21.5 Å². The molecule has 0 radical (unpaired) electrons. The van der Waals surface area contributed by atoms with Crippen LogP contribution in [0, 0.1) is 5.92 Å². The fourth-order valence-electron chi connectivity index (χ4n) is 1.63. The van der Waals surface area contributed by atoms with Gasteiger partial charge in [-0.05, 0) is 12.3 Å². The lowest BCUT2D eigenvalue weighted by atomic mass is 10.0. The normalized spacial score (nSPS) is 26.8. The molecule has 2 unspecified atom stereocenters. The van der Waals surface area contributed by atoms with Gasteiger partial charge in [-0.1, -0.05) is 13.8 Å². The van der Waals surface area contributed by atoms with Crippen LogP contribution < -0.4 is 16.4 Å². The van der Waals surface area contributed by atoms with Crippen molar-refractivity contribution < 1.29 is 14.7 Å². The Kier molecular flexibility index (Phi) is 4.26. The number of hydrogen-bond donors (Lipinski definition) is 4. The Morgan fingerprint density at radius 1 is 1.50 bits per heavy atom. The molecule has 6 nitrogen and oxygen atoms in total. The summed E-state index contributed by atoms with van der Waals surface area (Å²) < 4.78 is 0. The third-order valence-electron chi connectivity index (χ3n) is 2.80. The number of hydrogen-bond acceptors (Lipinski definition) is 4. The molecule has 1 saturated heterocycles. The standard InChI is InChI=1S/C10H19N3O3/c1-5(2)8(11)9(14)13-6-3-7(10(15)16)12-4-6/h5-8,12H,3-4,11H2,1-2H3,(H,13,14)(H,15,16)/t6?,7-,8?/m1/s1. The molecule has 92 valence electrons. The van der Waals surface area contributed by atoms with Crippen molar-refractivity contribution in [3.8, 4) is 0 Å². The second kappa shape index (κ2) is 5.27. The van der Waals surface area contributed by atoms with Crippen molar-refractivity contribution in [3.63, 3.8) is 0 Å². The van der Waals surface area contributed by atoms with E-state index in [9.17, 15) is 9.59 Å². The molecule has 1 rings (SSSR count). The van der Waals surface area contributed by atoms with Gasteiger partial charge in [-0.25, -0.2) is 0 Å². The van der Waals surface area contributed by atoms with Crippen LogP contribution in [-0.4, -0.2) is 41.7 Å². The molecule has 1 fully saturated rings. The van der Waals surface area contributed by atoms with Gasteiger partial charge >= 0.3 is 5.97 Å². The number of aliphatic carboxylic acids is 1. The Morgan fingerprint density at radius 3 is 2.56 bits per heavy atom. The number of carbonyl (C=O) groups is 2. The van der Waals surface area contributed by atoms with Crippen LogP contribution in [0.5, 0.6) is 0 Å². The second-order valence-corrected chi connectivity index (χ2v) is 4.51. The summed E-state index contributed by atoms with van der Waals surface area (Å²) in [6.07, 6.45) is 0.409. The Hall–Kier alpha value is -1.14. The third kappa shape index (κ3) is 3.18. The summed E-state index contributed by atoms with van der Waals surface area (Å²) in [4.78, 5) is 22.3. The highest BCUT2D eigenvalue weighted by Crippen LogP contribution is 2.07. The van der Waals surface area contributed by atoms with Crippen molar-refractivity contribution >= 4 is 11.9 Å². The molecule has 1 amide bonds. The second-order valence-electron chi connectivity index (χ2n) is 4.51. The van der Waals surface area contributed by atoms with E-state index in [1.807, 2.05) is 13.8 Å². The lowest BCUT2D eigenvalue weighted by molar-refractivity contribution is -0.139. The largest absolute Gasteiger partial charge is 0.480 e. The first-order valence-corrected chi connectivity index (χ1v) is 5.44. The molecular weight excluding hydrogens is 210 g/mol. The molecule has 16 heavy (non-hydrogen) atoms. The Balaban J connectivity index is 2.40. The number of amides is 1. The summed E-state index contributed by atoms with van der Waals surface area (Å²) in [7, 11) is 0. The SMILES string of the molecule is CC(C)C(N)C(=O)NC1CN[C@@H](C(=O)O)C1. The molecule has 6 heteroatoms. The minimum Gasteiger partial charge on any atom is -0.480 e. The van der Waals surface area contributed by atoms with Gasteiger partial charge in [0.05, 0.1) is 6.04 Å². The van der Waals surface area contributed by atoms with Gasteiger partial charge in [0.25, 0.3) is 0 Å². The Morgan fingerprint density at radius 2 is 2.12 bits per heavy atom. The first kappa shape index (κ1) is 12.9. The molecule has 1 heterocycles. The maximum atomic E-state index is 11.6. The molecule has 0 aliphatic carbocycles. The number of nitrogens with one attached hydrogen (secondary N) is 2. The van der Waals surface area contributed by atoms with Gasteiger partial charge in [-0.15, -0.1) is 0 Å². The van der Waals surface area contributed by atoms with E-state index in [2.05, 4.69) is 10.6 Å². The van der Waals surface area contributed by atoms with E-state index in [1.165, 1.54) is 0 Å². The van der Waals surface area contributed by atoms with Crippen molar-refractivity contribution in [1.29, 1.82) is 0 Å². The molecule has 1 aliphatic heterocycles. The molecule has 0 aromatic heterocycles. The third-order valence-corrected chi connectivity index (χ3v) is 2.80. The van der Waals surface area contributed by atoms with Crippen LogP contribution >= 0.6 is 0 Å². The molecule has 5 N–H and O–H groups in total. The van der Waals surface area contributed by atoms with Gasteiger partial charge in [0.1, 0.15) is 6.04 Å². The molecule has 1 aliphatic rings. The van der Waals surface area contributed by atoms with Gasteiger partial charge in [-0.2, -0.15) is 0 Å². The van der Waals surface area contributed by atoms with E-state index in [0.717, 1.165) is 0 Å². The van der Waals surface area contributed by atoms with Crippen LogP contribution in [0.4, 0.5) is 0 Å². The lowest BCUT2D eigenvalue weighted by Gasteiger charge is -2.18. The summed E-state index contributed by atoms with van der Waals surface area (Å²) in [5, 5.41) is 14.3. The maximum Gasteiger partial charge on any atom is 0.320 e. The van der Waals surface area contributed by atoms with Gasteiger partial charge in [0.15, 0.2) is 0 Å². The number of carboxylic acid groups (broad SMARTS) is 1. The average molecular weight is 229 g/mol. The maximum absolute atomic E-state index is 11.6. The lowest BCUT2D eigenvalue weighted by Crippen LogP contribution is -2.48. The van der Waals surface area contributed by atoms with Crippen LogP contribution in [0.3, 0.4) is 0 Å². The number of nitrogens with two attached hydrogens (primary N) is 1. The zero-order valence-corrected chi connectivity index (χ0v) is 9.56. The molecule has 0 spiro atoms. The molecule has 0 bridgehead atoms. The molecule has 0 aromatic rings. The first-order chi connectivity index (χ1) is 7.41. The van der Waals surface area contributed by atoms with E-state index < -0.39 is 18.1 Å². The highest BCUT2D eigenvalue weighted by atomic mass is 16.4. The highest BCUT2D eigenvalue weighted by Gasteiger charge is 2.31. The number of carboxylic acids is 1. The molecule has 3 atom stereocenters. The molecular formula is C10H19N3O3. The van der Waals surface area contributed by atoms with Gasteiger partial charge in [0.2, 0.25) is 5.91 Å². The smallest absolute Gasteiger partial charge is 0.320 e. The zero-order valence-electron chi connectivity index (χ0n) is 9.56. The van der Waals surface area contributed by atoms with Crippen LogP contribution in [0.15, 0.2) is 0 Å². The van der Waals surface area contributed by atoms with Crippen molar-refractivity contribution in [3.05, 3.63) is 0 Å². The Bertz CT molecular complexity index is 280. The number of carbonyl (C=O) groups excluding carboxylic acids is 1. The predicted molar refractivity (Wildman–Crippen MR) is 58.8 cm³/mol. The van der Waals surface area contributed by atoms with Crippen LogP contribution in [0.2, 0.25) is 0 Å². The van der Waals surface area contributed by atoms with E-state index >= 15 is 0 Å². The first-order valence-electron chi connectivity index (χ1n) is 5.44. The fraction of sp³-hybridized carbons (Fsp3) is 0.800.